The molecular formula is C31H40N4O. The second-order valence-electron chi connectivity index (χ2n) is 11.8. The smallest absolute Gasteiger partial charge is 0.226 e. The third-order valence-corrected chi connectivity index (χ3v) is 9.44. The molecule has 3 aliphatic rings. The van der Waals surface area contributed by atoms with Gasteiger partial charge in [0.2, 0.25) is 5.91 Å². The number of hydrogen-bond donors (Lipinski definition) is 1. The molecule has 1 aliphatic carbocycles. The van der Waals surface area contributed by atoms with E-state index in [9.17, 15) is 4.79 Å². The van der Waals surface area contributed by atoms with E-state index in [0.29, 0.717) is 18.1 Å². The molecule has 2 aromatic carbocycles. The first-order valence-electron chi connectivity index (χ1n) is 14.1. The number of hydrogen-bond acceptors (Lipinski definition) is 3. The molecule has 190 valence electrons. The predicted molar refractivity (Wildman–Crippen MR) is 145 cm³/mol. The van der Waals surface area contributed by atoms with Crippen molar-refractivity contribution in [2.45, 2.75) is 95.8 Å². The fraction of sp³-hybridized carbons (Fsp3) is 0.548. The fourth-order valence-electron chi connectivity index (χ4n) is 7.45. The lowest BCUT2D eigenvalue weighted by atomic mass is 9.87. The quantitative estimate of drug-likeness (QED) is 0.426. The van der Waals surface area contributed by atoms with Crippen LogP contribution in [0, 0.1) is 12.3 Å². The number of benzene rings is 2. The fourth-order valence-corrected chi connectivity index (χ4v) is 7.45. The minimum atomic E-state index is -0.199. The van der Waals surface area contributed by atoms with E-state index < -0.39 is 0 Å². The highest BCUT2D eigenvalue weighted by atomic mass is 16.2. The first kappa shape index (κ1) is 23.7. The number of nitrogens with one attached hydrogen (secondary N) is 1. The lowest BCUT2D eigenvalue weighted by Gasteiger charge is -2.40. The Bertz CT molecular complexity index is 1200. The number of amides is 1. The summed E-state index contributed by atoms with van der Waals surface area (Å²) in [6.07, 6.45) is 10.3. The Morgan fingerprint density at radius 3 is 2.39 bits per heavy atom. The molecule has 3 heterocycles. The van der Waals surface area contributed by atoms with Gasteiger partial charge in [0, 0.05) is 30.1 Å². The summed E-state index contributed by atoms with van der Waals surface area (Å²) >= 11 is 0. The number of fused-ring (bicyclic) bond motifs is 3. The lowest BCUT2D eigenvalue weighted by Crippen LogP contribution is -2.45. The molecule has 2 bridgehead atoms. The topological polar surface area (TPSA) is 50.2 Å². The summed E-state index contributed by atoms with van der Waals surface area (Å²) in [4.78, 5) is 20.9. The summed E-state index contributed by atoms with van der Waals surface area (Å²) in [6.45, 7) is 5.36. The van der Waals surface area contributed by atoms with Crippen molar-refractivity contribution >= 4 is 16.9 Å². The molecule has 36 heavy (non-hydrogen) atoms. The highest BCUT2D eigenvalue weighted by Crippen LogP contribution is 2.43. The van der Waals surface area contributed by atoms with Gasteiger partial charge in [-0.25, -0.2) is 4.98 Å². The highest BCUT2D eigenvalue weighted by molar-refractivity contribution is 5.83. The van der Waals surface area contributed by atoms with Crippen LogP contribution in [-0.4, -0.2) is 39.0 Å². The molecule has 1 amide bonds. The molecule has 0 radical (unpaired) electrons. The number of nitrogens with zero attached hydrogens (tertiary/aromatic N) is 3. The van der Waals surface area contributed by atoms with Crippen LogP contribution in [0.1, 0.15) is 88.2 Å². The van der Waals surface area contributed by atoms with Gasteiger partial charge in [0.15, 0.2) is 0 Å². The third kappa shape index (κ3) is 4.36. The van der Waals surface area contributed by atoms with E-state index in [-0.39, 0.29) is 17.4 Å². The molecule has 0 spiro atoms. The van der Waals surface area contributed by atoms with Gasteiger partial charge < -0.3 is 9.88 Å². The van der Waals surface area contributed by atoms with Gasteiger partial charge in [0.05, 0.1) is 17.1 Å². The molecule has 2 unspecified atom stereocenters. The first-order valence-corrected chi connectivity index (χ1v) is 14.1. The van der Waals surface area contributed by atoms with Crippen molar-refractivity contribution < 1.29 is 4.79 Å². The van der Waals surface area contributed by atoms with Gasteiger partial charge in [-0.3, -0.25) is 9.69 Å². The second kappa shape index (κ2) is 9.66. The Kier molecular flexibility index (Phi) is 6.37. The molecule has 5 heteroatoms. The Hall–Kier alpha value is -2.66. The number of aryl methyl sites for hydroxylation is 1. The number of imidazole rings is 1. The standard InChI is InChI=1S/C31H40N4O/c1-22-32-28-12-6-7-13-29(28)35(22)26-20-24-14-15-25(21-26)34(24)19-16-27(23-10-4-3-5-11-23)33-30(36)31(2)17-8-9-18-31/h3-7,10-13,24-27H,8-9,14-21H2,1-2H3,(H,33,36)/t24?,25?,26?,27-/m0/s1. The van der Waals surface area contributed by atoms with Crippen LogP contribution in [-0.2, 0) is 4.79 Å². The van der Waals surface area contributed by atoms with Crippen LogP contribution in [0.3, 0.4) is 0 Å². The van der Waals surface area contributed by atoms with Crippen molar-refractivity contribution in [2.24, 2.45) is 5.41 Å². The number of piperidine rings is 1. The molecule has 1 N–H and O–H groups in total. The number of aromatic nitrogens is 2. The largest absolute Gasteiger partial charge is 0.349 e. The summed E-state index contributed by atoms with van der Waals surface area (Å²) in [5.74, 6) is 1.39. The molecule has 2 saturated heterocycles. The van der Waals surface area contributed by atoms with Crippen molar-refractivity contribution in [3.63, 3.8) is 0 Å². The zero-order valence-corrected chi connectivity index (χ0v) is 21.8. The van der Waals surface area contributed by atoms with E-state index in [1.807, 2.05) is 0 Å². The van der Waals surface area contributed by atoms with Gasteiger partial charge in [-0.15, -0.1) is 0 Å². The van der Waals surface area contributed by atoms with Crippen molar-refractivity contribution in [1.82, 2.24) is 19.8 Å². The van der Waals surface area contributed by atoms with Crippen LogP contribution in [0.15, 0.2) is 54.6 Å². The van der Waals surface area contributed by atoms with E-state index in [1.54, 1.807) is 0 Å². The second-order valence-corrected chi connectivity index (χ2v) is 11.8. The summed E-state index contributed by atoms with van der Waals surface area (Å²) < 4.78 is 2.51. The summed E-state index contributed by atoms with van der Waals surface area (Å²) in [6, 6.07) is 21.0. The Morgan fingerprint density at radius 1 is 1.00 bits per heavy atom. The molecular weight excluding hydrogens is 444 g/mol. The van der Waals surface area contributed by atoms with Crippen LogP contribution < -0.4 is 5.32 Å². The van der Waals surface area contributed by atoms with E-state index in [2.05, 4.69) is 83.2 Å². The van der Waals surface area contributed by atoms with Gasteiger partial charge in [-0.2, -0.15) is 0 Å². The zero-order chi connectivity index (χ0) is 24.7. The van der Waals surface area contributed by atoms with Crippen molar-refractivity contribution in [2.75, 3.05) is 6.54 Å². The van der Waals surface area contributed by atoms with Gasteiger partial charge >= 0.3 is 0 Å². The van der Waals surface area contributed by atoms with Crippen LogP contribution in [0.4, 0.5) is 0 Å². The molecule has 1 aromatic heterocycles. The number of rotatable bonds is 7. The minimum Gasteiger partial charge on any atom is -0.349 e. The lowest BCUT2D eigenvalue weighted by molar-refractivity contribution is -0.130. The predicted octanol–water partition coefficient (Wildman–Crippen LogP) is 6.34. The molecule has 5 nitrogen and oxygen atoms in total. The summed E-state index contributed by atoms with van der Waals surface area (Å²) in [5, 5.41) is 3.49. The van der Waals surface area contributed by atoms with Crippen molar-refractivity contribution in [3.05, 3.63) is 66.0 Å². The molecule has 3 aromatic rings. The third-order valence-electron chi connectivity index (χ3n) is 9.44. The Morgan fingerprint density at radius 2 is 1.67 bits per heavy atom. The van der Waals surface area contributed by atoms with Gasteiger partial charge in [-0.1, -0.05) is 62.2 Å². The first-order chi connectivity index (χ1) is 17.5. The zero-order valence-electron chi connectivity index (χ0n) is 21.8. The van der Waals surface area contributed by atoms with E-state index in [0.717, 1.165) is 37.1 Å². The maximum Gasteiger partial charge on any atom is 0.226 e. The molecule has 1 saturated carbocycles. The molecule has 6 rings (SSSR count). The Labute approximate surface area is 215 Å². The van der Waals surface area contributed by atoms with Gasteiger partial charge in [0.25, 0.3) is 0 Å². The van der Waals surface area contributed by atoms with Crippen LogP contribution in [0.2, 0.25) is 0 Å². The van der Waals surface area contributed by atoms with Crippen molar-refractivity contribution in [1.29, 1.82) is 0 Å². The number of para-hydroxylation sites is 2. The summed E-state index contributed by atoms with van der Waals surface area (Å²) in [5.41, 5.74) is 3.42. The monoisotopic (exact) mass is 484 g/mol. The average molecular weight is 485 g/mol. The molecule has 3 fully saturated rings. The van der Waals surface area contributed by atoms with Crippen LogP contribution in [0.25, 0.3) is 11.0 Å². The molecule has 2 aliphatic heterocycles. The van der Waals surface area contributed by atoms with E-state index in [4.69, 9.17) is 4.98 Å². The highest BCUT2D eigenvalue weighted by Gasteiger charge is 2.42. The van der Waals surface area contributed by atoms with Crippen molar-refractivity contribution in [3.8, 4) is 0 Å². The maximum atomic E-state index is 13.3. The van der Waals surface area contributed by atoms with E-state index >= 15 is 0 Å². The number of carbonyl (C=O) groups is 1. The average Bonchev–Trinajstić information content (AvgIpc) is 3.55. The summed E-state index contributed by atoms with van der Waals surface area (Å²) in [7, 11) is 0. The van der Waals surface area contributed by atoms with Crippen LogP contribution in [0.5, 0.6) is 0 Å². The maximum absolute atomic E-state index is 13.3. The Balaban J connectivity index is 1.16. The van der Waals surface area contributed by atoms with Gasteiger partial charge in [-0.05, 0) is 69.6 Å². The number of carbonyl (C=O) groups excluding carboxylic acids is 1. The SMILES string of the molecule is Cc1nc2ccccc2n1C1CC2CCC(C1)N2CC[C@H](NC(=O)C1(C)CCCC1)c1ccccc1. The minimum absolute atomic E-state index is 0.0769. The van der Waals surface area contributed by atoms with Gasteiger partial charge in [0.1, 0.15) is 5.82 Å². The van der Waals surface area contributed by atoms with E-state index in [1.165, 1.54) is 49.6 Å². The normalized spacial score (nSPS) is 26.3. The molecule has 3 atom stereocenters. The van der Waals surface area contributed by atoms with Crippen LogP contribution >= 0.6 is 0 Å².